The zero-order chi connectivity index (χ0) is 17.8. The highest BCUT2D eigenvalue weighted by atomic mass is 127. The number of rotatable bonds is 4. The van der Waals surface area contributed by atoms with Crippen LogP contribution >= 0.6 is 29.9 Å². The van der Waals surface area contributed by atoms with Crippen molar-refractivity contribution in [2.24, 2.45) is 0 Å². The zero-order valence-corrected chi connectivity index (χ0v) is 17.3. The third kappa shape index (κ3) is 3.11. The molecular formula is C24H19IP+. The largest absolute Gasteiger partial charge is 0.144 e. The van der Waals surface area contributed by atoms with Crippen LogP contribution in [0.2, 0.25) is 0 Å². The molecule has 0 aliphatic carbocycles. The van der Waals surface area contributed by atoms with Gasteiger partial charge in [-0.1, -0.05) is 54.6 Å². The third-order valence-electron chi connectivity index (χ3n) is 4.64. The van der Waals surface area contributed by atoms with Gasteiger partial charge >= 0.3 is 0 Å². The molecule has 0 aliphatic heterocycles. The normalized spacial score (nSPS) is 11.3. The van der Waals surface area contributed by atoms with Gasteiger partial charge in [0.15, 0.2) is 0 Å². The Labute approximate surface area is 169 Å². The molecule has 0 bridgehead atoms. The Morgan fingerprint density at radius 2 is 0.692 bits per heavy atom. The molecule has 26 heavy (non-hydrogen) atoms. The molecule has 0 aliphatic rings. The van der Waals surface area contributed by atoms with E-state index in [0.29, 0.717) is 0 Å². The zero-order valence-electron chi connectivity index (χ0n) is 14.3. The van der Waals surface area contributed by atoms with Crippen LogP contribution in [0.1, 0.15) is 0 Å². The molecule has 0 nitrogen and oxygen atoms in total. The molecule has 0 saturated carbocycles. The lowest BCUT2D eigenvalue weighted by atomic mass is 10.3. The summed E-state index contributed by atoms with van der Waals surface area (Å²) in [5.41, 5.74) is 0. The molecular weight excluding hydrogens is 446 g/mol. The molecule has 0 unspecified atom stereocenters. The van der Waals surface area contributed by atoms with Gasteiger partial charge in [0.25, 0.3) is 0 Å². The van der Waals surface area contributed by atoms with Crippen LogP contribution in [0.3, 0.4) is 0 Å². The fraction of sp³-hybridized carbons (Fsp3) is 0. The molecule has 2 heteroatoms. The summed E-state index contributed by atoms with van der Waals surface area (Å²) < 4.78 is 1.26. The van der Waals surface area contributed by atoms with Crippen LogP contribution in [0.5, 0.6) is 0 Å². The van der Waals surface area contributed by atoms with E-state index in [1.165, 1.54) is 24.8 Å². The minimum atomic E-state index is -1.93. The second-order valence-electron chi connectivity index (χ2n) is 6.15. The summed E-state index contributed by atoms with van der Waals surface area (Å²) in [6.07, 6.45) is 0. The van der Waals surface area contributed by atoms with Gasteiger partial charge < -0.3 is 0 Å². The Bertz CT molecular complexity index is 868. The molecule has 0 radical (unpaired) electrons. The Balaban J connectivity index is 2.12. The Morgan fingerprint density at radius 1 is 0.385 bits per heavy atom. The third-order valence-corrected chi connectivity index (χ3v) is 9.65. The highest BCUT2D eigenvalue weighted by Crippen LogP contribution is 2.54. The predicted molar refractivity (Wildman–Crippen MR) is 124 cm³/mol. The first kappa shape index (κ1) is 17.5. The standard InChI is InChI=1S/C24H19IP/c25-20-16-18-24(19-17-20)26(21-10-4-1-5-11-21,22-12-6-2-7-13-22)23-14-8-3-9-15-23/h1-19H/q+1. The first-order chi connectivity index (χ1) is 12.8. The van der Waals surface area contributed by atoms with Gasteiger partial charge in [-0.3, -0.25) is 0 Å². The lowest BCUT2D eigenvalue weighted by Crippen LogP contribution is -2.38. The molecule has 0 spiro atoms. The van der Waals surface area contributed by atoms with E-state index in [1.807, 2.05) is 0 Å². The molecule has 4 aromatic rings. The highest BCUT2D eigenvalue weighted by Gasteiger charge is 2.47. The van der Waals surface area contributed by atoms with Crippen LogP contribution in [0, 0.1) is 3.57 Å². The van der Waals surface area contributed by atoms with Crippen molar-refractivity contribution >= 4 is 51.1 Å². The highest BCUT2D eigenvalue weighted by molar-refractivity contribution is 14.1. The minimum Gasteiger partial charge on any atom is -0.0620 e. The summed E-state index contributed by atoms with van der Waals surface area (Å²) >= 11 is 2.38. The average Bonchev–Trinajstić information content (AvgIpc) is 2.72. The van der Waals surface area contributed by atoms with Crippen molar-refractivity contribution in [1.29, 1.82) is 0 Å². The van der Waals surface area contributed by atoms with E-state index >= 15 is 0 Å². The number of halogens is 1. The Kier molecular flexibility index (Phi) is 5.19. The molecule has 126 valence electrons. The molecule has 0 amide bonds. The van der Waals surface area contributed by atoms with Gasteiger partial charge in [0.05, 0.1) is 0 Å². The lowest BCUT2D eigenvalue weighted by Gasteiger charge is -2.27. The van der Waals surface area contributed by atoms with Crippen molar-refractivity contribution in [1.82, 2.24) is 0 Å². The van der Waals surface area contributed by atoms with Crippen LogP contribution in [0.4, 0.5) is 0 Å². The van der Waals surface area contributed by atoms with Gasteiger partial charge in [-0.2, -0.15) is 0 Å². The molecule has 0 atom stereocenters. The van der Waals surface area contributed by atoms with E-state index in [4.69, 9.17) is 0 Å². The summed E-state index contributed by atoms with van der Waals surface area (Å²) in [6, 6.07) is 42.0. The minimum absolute atomic E-state index is 1.26. The van der Waals surface area contributed by atoms with Gasteiger partial charge in [0.2, 0.25) is 0 Å². The maximum atomic E-state index is 2.38. The average molecular weight is 465 g/mol. The maximum absolute atomic E-state index is 2.38. The molecule has 0 N–H and O–H groups in total. The first-order valence-corrected chi connectivity index (χ1v) is 11.5. The molecule has 0 saturated heterocycles. The van der Waals surface area contributed by atoms with Crippen LogP contribution in [-0.2, 0) is 0 Å². The number of hydrogen-bond donors (Lipinski definition) is 0. The quantitative estimate of drug-likeness (QED) is 0.297. The van der Waals surface area contributed by atoms with E-state index in [2.05, 4.69) is 138 Å². The van der Waals surface area contributed by atoms with E-state index in [9.17, 15) is 0 Å². The van der Waals surface area contributed by atoms with Gasteiger partial charge in [-0.05, 0) is 83.3 Å². The summed E-state index contributed by atoms with van der Waals surface area (Å²) in [5.74, 6) is 0. The van der Waals surface area contributed by atoms with Crippen LogP contribution in [-0.4, -0.2) is 0 Å². The van der Waals surface area contributed by atoms with Crippen molar-refractivity contribution in [3.63, 3.8) is 0 Å². The molecule has 0 fully saturated rings. The summed E-state index contributed by atoms with van der Waals surface area (Å²) in [4.78, 5) is 0. The number of hydrogen-bond acceptors (Lipinski definition) is 0. The predicted octanol–water partition coefficient (Wildman–Crippen LogP) is 4.91. The fourth-order valence-electron chi connectivity index (χ4n) is 3.51. The first-order valence-electron chi connectivity index (χ1n) is 8.64. The molecule has 4 aromatic carbocycles. The van der Waals surface area contributed by atoms with Crippen LogP contribution in [0.25, 0.3) is 0 Å². The summed E-state index contributed by atoms with van der Waals surface area (Å²) in [7, 11) is -1.93. The van der Waals surface area contributed by atoms with Crippen molar-refractivity contribution in [2.45, 2.75) is 0 Å². The SMILES string of the molecule is Ic1ccc([P+](c2ccccc2)(c2ccccc2)c2ccccc2)cc1. The monoisotopic (exact) mass is 465 g/mol. The number of benzene rings is 4. The van der Waals surface area contributed by atoms with Gasteiger partial charge in [0, 0.05) is 3.57 Å². The Morgan fingerprint density at radius 3 is 1.04 bits per heavy atom. The second kappa shape index (κ2) is 7.73. The smallest absolute Gasteiger partial charge is 0.0620 e. The molecule has 0 aromatic heterocycles. The summed E-state index contributed by atoms with van der Waals surface area (Å²) in [5, 5.41) is 5.55. The molecule has 4 rings (SSSR count). The van der Waals surface area contributed by atoms with Crippen molar-refractivity contribution in [2.75, 3.05) is 0 Å². The molecule has 0 heterocycles. The van der Waals surface area contributed by atoms with Gasteiger partial charge in [-0.25, -0.2) is 0 Å². The fourth-order valence-corrected chi connectivity index (χ4v) is 8.12. The summed E-state index contributed by atoms with van der Waals surface area (Å²) in [6.45, 7) is 0. The van der Waals surface area contributed by atoms with E-state index in [0.717, 1.165) is 0 Å². The van der Waals surface area contributed by atoms with E-state index in [-0.39, 0.29) is 0 Å². The van der Waals surface area contributed by atoms with E-state index < -0.39 is 7.26 Å². The van der Waals surface area contributed by atoms with Gasteiger partial charge in [0.1, 0.15) is 28.5 Å². The van der Waals surface area contributed by atoms with Crippen LogP contribution < -0.4 is 21.2 Å². The van der Waals surface area contributed by atoms with Gasteiger partial charge in [-0.15, -0.1) is 0 Å². The van der Waals surface area contributed by atoms with Crippen molar-refractivity contribution in [3.05, 3.63) is 119 Å². The second-order valence-corrected chi connectivity index (χ2v) is 10.8. The Hall–Kier alpha value is -1.96. The van der Waals surface area contributed by atoms with Crippen LogP contribution in [0.15, 0.2) is 115 Å². The topological polar surface area (TPSA) is 0 Å². The van der Waals surface area contributed by atoms with Crippen molar-refractivity contribution < 1.29 is 0 Å². The lowest BCUT2D eigenvalue weighted by molar-refractivity contribution is 1.67. The maximum Gasteiger partial charge on any atom is 0.144 e. The van der Waals surface area contributed by atoms with E-state index in [1.54, 1.807) is 0 Å². The van der Waals surface area contributed by atoms with Crippen molar-refractivity contribution in [3.8, 4) is 0 Å².